The van der Waals surface area contributed by atoms with Gasteiger partial charge in [0.25, 0.3) is 0 Å². The molecule has 0 radical (unpaired) electrons. The third kappa shape index (κ3) is 3.47. The van der Waals surface area contributed by atoms with E-state index in [1.807, 2.05) is 0 Å². The average Bonchev–Trinajstić information content (AvgIpc) is 2.12. The summed E-state index contributed by atoms with van der Waals surface area (Å²) in [6.45, 7) is 0. The van der Waals surface area contributed by atoms with Crippen LogP contribution in [0.5, 0.6) is 0 Å². The molecule has 1 aliphatic carbocycles. The number of hydrogen-bond acceptors (Lipinski definition) is 4. The van der Waals surface area contributed by atoms with E-state index in [9.17, 15) is 13.2 Å². The standard InChI is InChI=1S/C11H20O4S/c1-15-10(12)11(7-5-8-11)6-3-4-9-16(2,13)14/h3-9H2,1-2H3. The second-order valence-corrected chi connectivity index (χ2v) is 6.97. The highest BCUT2D eigenvalue weighted by atomic mass is 32.2. The van der Waals surface area contributed by atoms with E-state index in [0.717, 1.165) is 32.1 Å². The van der Waals surface area contributed by atoms with Crippen LogP contribution in [0.2, 0.25) is 0 Å². The SMILES string of the molecule is COC(=O)C1(CCCCS(C)(=O)=O)CCC1. The van der Waals surface area contributed by atoms with Crippen molar-refractivity contribution in [3.05, 3.63) is 0 Å². The number of ether oxygens (including phenoxy) is 1. The first-order chi connectivity index (χ1) is 7.40. The highest BCUT2D eigenvalue weighted by Crippen LogP contribution is 2.46. The Morgan fingerprint density at radius 2 is 1.94 bits per heavy atom. The smallest absolute Gasteiger partial charge is 0.311 e. The van der Waals surface area contributed by atoms with Crippen molar-refractivity contribution >= 4 is 15.8 Å². The van der Waals surface area contributed by atoms with Crippen LogP contribution in [0.15, 0.2) is 0 Å². The first-order valence-corrected chi connectivity index (χ1v) is 7.72. The van der Waals surface area contributed by atoms with Gasteiger partial charge in [0.15, 0.2) is 0 Å². The molecule has 0 amide bonds. The number of unbranched alkanes of at least 4 members (excludes halogenated alkanes) is 1. The van der Waals surface area contributed by atoms with Gasteiger partial charge in [-0.15, -0.1) is 0 Å². The summed E-state index contributed by atoms with van der Waals surface area (Å²) in [5, 5.41) is 0. The molecule has 0 saturated heterocycles. The van der Waals surface area contributed by atoms with Crippen molar-refractivity contribution in [3.8, 4) is 0 Å². The highest BCUT2D eigenvalue weighted by Gasteiger charge is 2.44. The summed E-state index contributed by atoms with van der Waals surface area (Å²) in [5.74, 6) is 0.0858. The van der Waals surface area contributed by atoms with Crippen LogP contribution in [0.3, 0.4) is 0 Å². The van der Waals surface area contributed by atoms with E-state index in [4.69, 9.17) is 4.74 Å². The molecule has 0 aromatic carbocycles. The topological polar surface area (TPSA) is 60.4 Å². The van der Waals surface area contributed by atoms with Crippen molar-refractivity contribution in [1.82, 2.24) is 0 Å². The lowest BCUT2D eigenvalue weighted by atomic mass is 9.66. The quantitative estimate of drug-likeness (QED) is 0.528. The molecule has 0 N–H and O–H groups in total. The lowest BCUT2D eigenvalue weighted by Crippen LogP contribution is -2.38. The molecule has 0 bridgehead atoms. The van der Waals surface area contributed by atoms with Gasteiger partial charge in [-0.05, 0) is 25.7 Å². The fraction of sp³-hybridized carbons (Fsp3) is 0.909. The third-order valence-electron chi connectivity index (χ3n) is 3.35. The van der Waals surface area contributed by atoms with Gasteiger partial charge in [-0.25, -0.2) is 8.42 Å². The van der Waals surface area contributed by atoms with Crippen LogP contribution in [-0.4, -0.2) is 33.5 Å². The monoisotopic (exact) mass is 248 g/mol. The van der Waals surface area contributed by atoms with E-state index in [1.54, 1.807) is 0 Å². The van der Waals surface area contributed by atoms with Crippen LogP contribution in [0, 0.1) is 5.41 Å². The van der Waals surface area contributed by atoms with Gasteiger partial charge < -0.3 is 4.74 Å². The van der Waals surface area contributed by atoms with Gasteiger partial charge in [0, 0.05) is 12.0 Å². The van der Waals surface area contributed by atoms with Gasteiger partial charge in [-0.1, -0.05) is 12.8 Å². The Labute approximate surface area is 97.3 Å². The highest BCUT2D eigenvalue weighted by molar-refractivity contribution is 7.90. The van der Waals surface area contributed by atoms with Crippen LogP contribution < -0.4 is 0 Å². The summed E-state index contributed by atoms with van der Waals surface area (Å²) in [6, 6.07) is 0. The van der Waals surface area contributed by atoms with Gasteiger partial charge in [0.2, 0.25) is 0 Å². The van der Waals surface area contributed by atoms with Gasteiger partial charge in [-0.2, -0.15) is 0 Å². The van der Waals surface area contributed by atoms with E-state index in [-0.39, 0.29) is 17.1 Å². The van der Waals surface area contributed by atoms with Crippen LogP contribution in [-0.2, 0) is 19.4 Å². The molecule has 94 valence electrons. The first-order valence-electron chi connectivity index (χ1n) is 5.66. The Balaban J connectivity index is 2.33. The van der Waals surface area contributed by atoms with Crippen molar-refractivity contribution < 1.29 is 17.9 Å². The summed E-state index contributed by atoms with van der Waals surface area (Å²) in [5.41, 5.74) is -0.299. The predicted octanol–water partition coefficient (Wildman–Crippen LogP) is 1.54. The molecule has 0 atom stereocenters. The largest absolute Gasteiger partial charge is 0.469 e. The zero-order valence-corrected chi connectivity index (χ0v) is 10.8. The van der Waals surface area contributed by atoms with Crippen LogP contribution in [0.4, 0.5) is 0 Å². The fourth-order valence-electron chi connectivity index (χ4n) is 2.20. The number of carbonyl (C=O) groups excluding carboxylic acids is 1. The van der Waals surface area contributed by atoms with E-state index >= 15 is 0 Å². The summed E-state index contributed by atoms with van der Waals surface area (Å²) in [4.78, 5) is 11.6. The molecule has 1 saturated carbocycles. The van der Waals surface area contributed by atoms with Gasteiger partial charge in [0.05, 0.1) is 12.5 Å². The first kappa shape index (κ1) is 13.5. The summed E-state index contributed by atoms with van der Waals surface area (Å²) in [6.07, 6.45) is 6.26. The molecule has 0 aromatic heterocycles. The van der Waals surface area contributed by atoms with Gasteiger partial charge >= 0.3 is 5.97 Å². The molecule has 1 rings (SSSR count). The predicted molar refractivity (Wildman–Crippen MR) is 61.9 cm³/mol. The minimum Gasteiger partial charge on any atom is -0.469 e. The molecule has 0 aliphatic heterocycles. The second kappa shape index (κ2) is 5.17. The molecule has 0 unspecified atom stereocenters. The van der Waals surface area contributed by atoms with E-state index in [2.05, 4.69) is 0 Å². The van der Waals surface area contributed by atoms with Crippen LogP contribution in [0.1, 0.15) is 38.5 Å². The number of esters is 1. The molecule has 5 heteroatoms. The molecule has 16 heavy (non-hydrogen) atoms. The van der Waals surface area contributed by atoms with E-state index in [1.165, 1.54) is 13.4 Å². The zero-order chi connectivity index (χ0) is 12.2. The average molecular weight is 248 g/mol. The molecule has 1 fully saturated rings. The summed E-state index contributed by atoms with van der Waals surface area (Å²) < 4.78 is 26.7. The maximum absolute atomic E-state index is 11.6. The number of methoxy groups -OCH3 is 1. The molecular formula is C11H20O4S. The molecule has 0 spiro atoms. The normalized spacial score (nSPS) is 18.9. The van der Waals surface area contributed by atoms with Crippen molar-refractivity contribution in [2.75, 3.05) is 19.1 Å². The maximum atomic E-state index is 11.6. The molecule has 0 aromatic rings. The third-order valence-corrected chi connectivity index (χ3v) is 4.38. The Bertz CT molecular complexity index is 341. The molecular weight excluding hydrogens is 228 g/mol. The Hall–Kier alpha value is -0.580. The second-order valence-electron chi connectivity index (χ2n) is 4.71. The maximum Gasteiger partial charge on any atom is 0.311 e. The van der Waals surface area contributed by atoms with E-state index < -0.39 is 9.84 Å². The lowest BCUT2D eigenvalue weighted by molar-refractivity contribution is -0.159. The van der Waals surface area contributed by atoms with Crippen molar-refractivity contribution in [2.45, 2.75) is 38.5 Å². The Morgan fingerprint density at radius 1 is 1.31 bits per heavy atom. The number of hydrogen-bond donors (Lipinski definition) is 0. The number of rotatable bonds is 6. The minimum absolute atomic E-state index is 0.127. The molecule has 1 aliphatic rings. The van der Waals surface area contributed by atoms with Crippen LogP contribution >= 0.6 is 0 Å². The summed E-state index contributed by atoms with van der Waals surface area (Å²) in [7, 11) is -1.46. The Kier molecular flexibility index (Phi) is 4.35. The van der Waals surface area contributed by atoms with Crippen molar-refractivity contribution in [1.29, 1.82) is 0 Å². The van der Waals surface area contributed by atoms with E-state index in [0.29, 0.717) is 6.42 Å². The van der Waals surface area contributed by atoms with Crippen LogP contribution in [0.25, 0.3) is 0 Å². The number of carbonyl (C=O) groups is 1. The van der Waals surface area contributed by atoms with Gasteiger partial charge in [-0.3, -0.25) is 4.79 Å². The van der Waals surface area contributed by atoms with Crippen molar-refractivity contribution in [2.24, 2.45) is 5.41 Å². The molecule has 4 nitrogen and oxygen atoms in total. The van der Waals surface area contributed by atoms with Gasteiger partial charge in [0.1, 0.15) is 9.84 Å². The Morgan fingerprint density at radius 3 is 2.31 bits per heavy atom. The van der Waals surface area contributed by atoms with Crippen molar-refractivity contribution in [3.63, 3.8) is 0 Å². The fourth-order valence-corrected chi connectivity index (χ4v) is 2.93. The molecule has 0 heterocycles. The summed E-state index contributed by atoms with van der Waals surface area (Å²) >= 11 is 0. The minimum atomic E-state index is -2.87. The number of sulfone groups is 1. The lowest BCUT2D eigenvalue weighted by Gasteiger charge is -2.38. The zero-order valence-electron chi connectivity index (χ0n) is 9.99.